The van der Waals surface area contributed by atoms with E-state index >= 15 is 0 Å². The smallest absolute Gasteiger partial charge is 0.341 e. The largest absolute Gasteiger partial charge is 0.482 e. The lowest BCUT2D eigenvalue weighted by atomic mass is 9.64. The highest BCUT2D eigenvalue weighted by molar-refractivity contribution is 5.83. The third-order valence-electron chi connectivity index (χ3n) is 6.16. The Kier molecular flexibility index (Phi) is 6.16. The predicted octanol–water partition coefficient (Wildman–Crippen LogP) is 6.35. The maximum Gasteiger partial charge on any atom is 0.341 e. The zero-order valence-corrected chi connectivity index (χ0v) is 18.2. The number of carboxylic acid groups (broad SMARTS) is 1. The number of benzene rings is 2. The van der Waals surface area contributed by atoms with Crippen molar-refractivity contribution < 1.29 is 14.6 Å². The summed E-state index contributed by atoms with van der Waals surface area (Å²) in [4.78, 5) is 11.0. The molecule has 0 saturated heterocycles. The molecule has 0 heterocycles. The Morgan fingerprint density at radius 1 is 1.10 bits per heavy atom. The third kappa shape index (κ3) is 4.90. The number of carboxylic acids is 1. The molecule has 0 radical (unpaired) electrons. The van der Waals surface area contributed by atoms with E-state index in [-0.39, 0.29) is 12.0 Å². The minimum atomic E-state index is -0.965. The highest BCUT2D eigenvalue weighted by atomic mass is 16.5. The Morgan fingerprint density at radius 2 is 1.79 bits per heavy atom. The van der Waals surface area contributed by atoms with E-state index in [9.17, 15) is 4.79 Å². The van der Waals surface area contributed by atoms with E-state index in [0.717, 1.165) is 17.5 Å². The summed E-state index contributed by atoms with van der Waals surface area (Å²) in [5.41, 5.74) is 6.24. The van der Waals surface area contributed by atoms with Crippen molar-refractivity contribution in [1.29, 1.82) is 0 Å². The van der Waals surface area contributed by atoms with Crippen LogP contribution in [-0.2, 0) is 4.79 Å². The first-order valence-corrected chi connectivity index (χ1v) is 10.4. The molecule has 0 bridgehead atoms. The quantitative estimate of drug-likeness (QED) is 0.644. The number of ether oxygens (including phenoxy) is 1. The first kappa shape index (κ1) is 21.2. The summed E-state index contributed by atoms with van der Waals surface area (Å²) in [5, 5.41) is 9.01. The molecule has 3 nitrogen and oxygen atoms in total. The van der Waals surface area contributed by atoms with Gasteiger partial charge in [-0.2, -0.15) is 0 Å². The summed E-state index contributed by atoms with van der Waals surface area (Å²) in [7, 11) is 0. The van der Waals surface area contributed by atoms with E-state index in [4.69, 9.17) is 9.84 Å². The van der Waals surface area contributed by atoms with Gasteiger partial charge in [-0.3, -0.25) is 0 Å². The molecule has 3 rings (SSSR count). The predicted molar refractivity (Wildman–Crippen MR) is 118 cm³/mol. The van der Waals surface area contributed by atoms with Gasteiger partial charge in [-0.1, -0.05) is 75.7 Å². The van der Waals surface area contributed by atoms with Crippen molar-refractivity contribution in [3.63, 3.8) is 0 Å². The maximum atomic E-state index is 11.0. The van der Waals surface area contributed by atoms with Crippen LogP contribution >= 0.6 is 0 Å². The Bertz CT molecular complexity index is 909. The molecule has 1 fully saturated rings. The van der Waals surface area contributed by atoms with Crippen LogP contribution in [0.15, 0.2) is 54.1 Å². The highest BCUT2D eigenvalue weighted by Crippen LogP contribution is 2.48. The second-order valence-corrected chi connectivity index (χ2v) is 9.24. The summed E-state index contributed by atoms with van der Waals surface area (Å²) in [6.07, 6.45) is 2.28. The van der Waals surface area contributed by atoms with Gasteiger partial charge < -0.3 is 9.84 Å². The van der Waals surface area contributed by atoms with Gasteiger partial charge in [-0.25, -0.2) is 4.79 Å². The molecule has 154 valence electrons. The Labute approximate surface area is 174 Å². The van der Waals surface area contributed by atoms with Gasteiger partial charge in [0.1, 0.15) is 5.75 Å². The van der Waals surface area contributed by atoms with Crippen molar-refractivity contribution in [2.75, 3.05) is 6.61 Å². The molecule has 1 N–H and O–H groups in total. The van der Waals surface area contributed by atoms with Crippen molar-refractivity contribution in [2.45, 2.75) is 47.5 Å². The van der Waals surface area contributed by atoms with Gasteiger partial charge in [0.25, 0.3) is 0 Å². The van der Waals surface area contributed by atoms with Gasteiger partial charge in [-0.15, -0.1) is 0 Å². The fourth-order valence-corrected chi connectivity index (χ4v) is 4.65. The van der Waals surface area contributed by atoms with Crippen molar-refractivity contribution in [3.05, 3.63) is 70.8 Å². The molecular weight excluding hydrogens is 360 g/mol. The summed E-state index contributed by atoms with van der Waals surface area (Å²) < 4.78 is 5.58. The van der Waals surface area contributed by atoms with Crippen molar-refractivity contribution >= 4 is 11.5 Å². The molecule has 1 aliphatic rings. The van der Waals surface area contributed by atoms with E-state index in [0.29, 0.717) is 17.6 Å². The zero-order chi connectivity index (χ0) is 21.2. The topological polar surface area (TPSA) is 46.5 Å². The van der Waals surface area contributed by atoms with Crippen LogP contribution in [0.3, 0.4) is 0 Å². The Hall–Kier alpha value is -2.55. The Balaban J connectivity index is 2.18. The number of rotatable bonds is 5. The lowest BCUT2D eigenvalue weighted by molar-refractivity contribution is -0.139. The number of aliphatic carboxylic acids is 1. The first-order valence-electron chi connectivity index (χ1n) is 10.4. The molecular formula is C26H32O3. The summed E-state index contributed by atoms with van der Waals surface area (Å²) >= 11 is 0. The molecule has 2 aromatic carbocycles. The van der Waals surface area contributed by atoms with Crippen LogP contribution in [0.1, 0.15) is 57.2 Å². The van der Waals surface area contributed by atoms with Gasteiger partial charge in [0, 0.05) is 0 Å². The number of hydrogen-bond donors (Lipinski definition) is 1. The first-order chi connectivity index (χ1) is 13.7. The third-order valence-corrected chi connectivity index (χ3v) is 6.16. The molecule has 1 saturated carbocycles. The molecule has 2 aromatic rings. The highest BCUT2D eigenvalue weighted by Gasteiger charge is 2.35. The summed E-state index contributed by atoms with van der Waals surface area (Å²) in [6, 6.07) is 16.7. The second kappa shape index (κ2) is 8.44. The van der Waals surface area contributed by atoms with Gasteiger partial charge >= 0.3 is 5.97 Å². The number of allylic oxidation sites excluding steroid dienone is 1. The number of aryl methyl sites for hydroxylation is 1. The molecule has 0 aliphatic heterocycles. The normalized spacial score (nSPS) is 22.8. The van der Waals surface area contributed by atoms with Crippen LogP contribution in [-0.4, -0.2) is 17.7 Å². The maximum absolute atomic E-state index is 11.0. The van der Waals surface area contributed by atoms with Gasteiger partial charge in [0.2, 0.25) is 0 Å². The monoisotopic (exact) mass is 392 g/mol. The Morgan fingerprint density at radius 3 is 2.45 bits per heavy atom. The van der Waals surface area contributed by atoms with Crippen molar-refractivity contribution in [3.8, 4) is 5.75 Å². The van der Waals surface area contributed by atoms with Gasteiger partial charge in [0.05, 0.1) is 0 Å². The lowest BCUT2D eigenvalue weighted by Crippen LogP contribution is -2.29. The van der Waals surface area contributed by atoms with E-state index < -0.39 is 5.97 Å². The van der Waals surface area contributed by atoms with Crippen LogP contribution in [0, 0.1) is 24.2 Å². The van der Waals surface area contributed by atoms with Crippen LogP contribution < -0.4 is 4.74 Å². The molecule has 0 aromatic heterocycles. The van der Waals surface area contributed by atoms with Gasteiger partial charge in [-0.05, 0) is 65.3 Å². The summed E-state index contributed by atoms with van der Waals surface area (Å²) in [5.74, 6) is 0.770. The minimum Gasteiger partial charge on any atom is -0.482 e. The van der Waals surface area contributed by atoms with Crippen LogP contribution in [0.4, 0.5) is 0 Å². The molecule has 29 heavy (non-hydrogen) atoms. The number of hydrogen-bond acceptors (Lipinski definition) is 2. The fourth-order valence-electron chi connectivity index (χ4n) is 4.65. The zero-order valence-electron chi connectivity index (χ0n) is 18.2. The minimum absolute atomic E-state index is 0.259. The number of carbonyl (C=O) groups is 1. The molecule has 3 heteroatoms. The molecule has 2 unspecified atom stereocenters. The van der Waals surface area contributed by atoms with E-state index in [1.54, 1.807) is 0 Å². The van der Waals surface area contributed by atoms with Crippen LogP contribution in [0.25, 0.3) is 5.57 Å². The molecule has 0 amide bonds. The molecule has 1 aliphatic carbocycles. The van der Waals surface area contributed by atoms with Crippen LogP contribution in [0.2, 0.25) is 0 Å². The standard InChI is InChI=1S/C26H32O3/c1-17-11-12-21(13-23(17)29-16-24(27)28)25(20-9-7-6-8-10-20)22-15-26(4,5)14-18(2)19(22)3/h6-13,18-19H,14-16H2,1-5H3,(H,27,28). The summed E-state index contributed by atoms with van der Waals surface area (Å²) in [6.45, 7) is 11.0. The average Bonchev–Trinajstić information content (AvgIpc) is 2.66. The lowest BCUT2D eigenvalue weighted by Gasteiger charge is -2.41. The molecule has 2 atom stereocenters. The van der Waals surface area contributed by atoms with Gasteiger partial charge in [0.15, 0.2) is 6.61 Å². The van der Waals surface area contributed by atoms with E-state index in [1.807, 2.05) is 25.1 Å². The van der Waals surface area contributed by atoms with Crippen molar-refractivity contribution in [2.24, 2.45) is 17.3 Å². The SMILES string of the molecule is Cc1ccc(C(=C2CC(C)(C)CC(C)C2C)c2ccccc2)cc1OCC(=O)O. The molecule has 0 spiro atoms. The van der Waals surface area contributed by atoms with E-state index in [2.05, 4.69) is 58.0 Å². The fraction of sp³-hybridized carbons (Fsp3) is 0.423. The van der Waals surface area contributed by atoms with Crippen molar-refractivity contribution in [1.82, 2.24) is 0 Å². The second-order valence-electron chi connectivity index (χ2n) is 9.24. The van der Waals surface area contributed by atoms with E-state index in [1.165, 1.54) is 23.1 Å². The average molecular weight is 393 g/mol. The van der Waals surface area contributed by atoms with Crippen LogP contribution in [0.5, 0.6) is 5.75 Å².